The van der Waals surface area contributed by atoms with Gasteiger partial charge in [0.15, 0.2) is 0 Å². The molecule has 2 aromatic rings. The van der Waals surface area contributed by atoms with E-state index < -0.39 is 0 Å². The van der Waals surface area contributed by atoms with Crippen molar-refractivity contribution in [1.82, 2.24) is 4.90 Å². The van der Waals surface area contributed by atoms with Crippen LogP contribution >= 0.6 is 0 Å². The maximum atomic E-state index is 4.79. The lowest BCUT2D eigenvalue weighted by molar-refractivity contribution is 0.605. The first-order valence-corrected chi connectivity index (χ1v) is 7.42. The third-order valence-corrected chi connectivity index (χ3v) is 4.38. The Kier molecular flexibility index (Phi) is 2.74. The van der Waals surface area contributed by atoms with Crippen LogP contribution in [0, 0.1) is 0 Å². The van der Waals surface area contributed by atoms with Crippen molar-refractivity contribution in [2.24, 2.45) is 4.99 Å². The average molecular weight is 277 g/mol. The molecule has 2 aliphatic rings. The van der Waals surface area contributed by atoms with Gasteiger partial charge in [-0.2, -0.15) is 0 Å². The first-order chi connectivity index (χ1) is 10.3. The van der Waals surface area contributed by atoms with Gasteiger partial charge in [0.2, 0.25) is 5.96 Å². The summed E-state index contributed by atoms with van der Waals surface area (Å²) in [5, 5.41) is 0. The van der Waals surface area contributed by atoms with Crippen molar-refractivity contribution in [2.75, 3.05) is 25.5 Å². The molecule has 0 N–H and O–H groups in total. The van der Waals surface area contributed by atoms with Crippen molar-refractivity contribution < 1.29 is 0 Å². The fourth-order valence-corrected chi connectivity index (χ4v) is 3.46. The molecule has 0 fully saturated rings. The van der Waals surface area contributed by atoms with E-state index in [0.717, 1.165) is 18.9 Å². The predicted octanol–water partition coefficient (Wildman–Crippen LogP) is 3.07. The smallest absolute Gasteiger partial charge is 0.201 e. The third kappa shape index (κ3) is 1.84. The third-order valence-electron chi connectivity index (χ3n) is 4.38. The van der Waals surface area contributed by atoms with E-state index in [1.54, 1.807) is 0 Å². The summed E-state index contributed by atoms with van der Waals surface area (Å²) in [4.78, 5) is 9.31. The summed E-state index contributed by atoms with van der Waals surface area (Å²) in [7, 11) is 4.14. The van der Waals surface area contributed by atoms with E-state index in [9.17, 15) is 0 Å². The van der Waals surface area contributed by atoms with Crippen LogP contribution in [0.5, 0.6) is 0 Å². The van der Waals surface area contributed by atoms with Gasteiger partial charge in [-0.15, -0.1) is 0 Å². The summed E-state index contributed by atoms with van der Waals surface area (Å²) < 4.78 is 0. The Hall–Kier alpha value is -2.29. The number of anilines is 1. The summed E-state index contributed by atoms with van der Waals surface area (Å²) in [5.41, 5.74) is 5.51. The van der Waals surface area contributed by atoms with E-state index in [-0.39, 0.29) is 0 Å². The second-order valence-corrected chi connectivity index (χ2v) is 5.93. The zero-order chi connectivity index (χ0) is 14.4. The lowest BCUT2D eigenvalue weighted by atomic mass is 9.97. The minimum absolute atomic E-state index is 0.322. The van der Waals surface area contributed by atoms with Gasteiger partial charge >= 0.3 is 0 Å². The first kappa shape index (κ1) is 12.5. The van der Waals surface area contributed by atoms with Crippen LogP contribution in [-0.2, 0) is 6.42 Å². The predicted molar refractivity (Wildman–Crippen MR) is 86.9 cm³/mol. The number of para-hydroxylation sites is 1. The lowest BCUT2D eigenvalue weighted by Gasteiger charge is -2.31. The molecule has 3 nitrogen and oxygen atoms in total. The van der Waals surface area contributed by atoms with Crippen LogP contribution in [-0.4, -0.2) is 31.5 Å². The van der Waals surface area contributed by atoms with E-state index in [4.69, 9.17) is 4.99 Å². The van der Waals surface area contributed by atoms with Crippen molar-refractivity contribution in [2.45, 2.75) is 12.5 Å². The molecule has 2 heterocycles. The van der Waals surface area contributed by atoms with Crippen molar-refractivity contribution in [3.05, 3.63) is 65.2 Å². The van der Waals surface area contributed by atoms with E-state index >= 15 is 0 Å². The van der Waals surface area contributed by atoms with Gasteiger partial charge in [-0.1, -0.05) is 42.5 Å². The molecule has 4 rings (SSSR count). The molecule has 3 heteroatoms. The van der Waals surface area contributed by atoms with Gasteiger partial charge in [0.1, 0.15) is 0 Å². The highest BCUT2D eigenvalue weighted by atomic mass is 15.4. The average Bonchev–Trinajstić information content (AvgIpc) is 2.88. The number of hydrogen-bond donors (Lipinski definition) is 0. The Bertz CT molecular complexity index is 718. The molecule has 0 aliphatic carbocycles. The molecule has 0 radical (unpaired) electrons. The number of guanidine groups is 1. The highest BCUT2D eigenvalue weighted by molar-refractivity contribution is 5.99. The molecule has 0 bridgehead atoms. The molecular weight excluding hydrogens is 258 g/mol. The Labute approximate surface area is 125 Å². The molecule has 0 spiro atoms. The zero-order valence-electron chi connectivity index (χ0n) is 12.5. The maximum absolute atomic E-state index is 4.79. The number of benzene rings is 2. The normalized spacial score (nSPS) is 19.2. The van der Waals surface area contributed by atoms with Crippen LogP contribution in [0.4, 0.5) is 5.69 Å². The molecule has 1 atom stereocenters. The fourth-order valence-electron chi connectivity index (χ4n) is 3.46. The second-order valence-electron chi connectivity index (χ2n) is 5.93. The van der Waals surface area contributed by atoms with Gasteiger partial charge in [-0.05, 0) is 29.2 Å². The standard InChI is InChI=1S/C18H19N3/c1-20(2)18-19-12-17-15-9-5-3-7-13(15)11-14-8-4-6-10-16(14)21(17)18/h3-10,17H,11-12H2,1-2H3. The minimum Gasteiger partial charge on any atom is -0.349 e. The summed E-state index contributed by atoms with van der Waals surface area (Å²) >= 11 is 0. The van der Waals surface area contributed by atoms with Gasteiger partial charge in [-0.25, -0.2) is 0 Å². The van der Waals surface area contributed by atoms with E-state index in [0.29, 0.717) is 6.04 Å². The number of rotatable bonds is 0. The van der Waals surface area contributed by atoms with Crippen molar-refractivity contribution in [1.29, 1.82) is 0 Å². The number of nitrogens with zero attached hydrogens (tertiary/aromatic N) is 3. The fraction of sp³-hybridized carbons (Fsp3) is 0.278. The van der Waals surface area contributed by atoms with Crippen LogP contribution in [0.15, 0.2) is 53.5 Å². The first-order valence-electron chi connectivity index (χ1n) is 7.42. The molecule has 0 saturated heterocycles. The molecule has 2 aliphatic heterocycles. The quantitative estimate of drug-likeness (QED) is 0.737. The van der Waals surface area contributed by atoms with Gasteiger partial charge in [0.05, 0.1) is 12.6 Å². The summed E-state index contributed by atoms with van der Waals surface area (Å²) in [6.45, 7) is 0.832. The Morgan fingerprint density at radius 1 is 1.00 bits per heavy atom. The lowest BCUT2D eigenvalue weighted by Crippen LogP contribution is -2.39. The summed E-state index contributed by atoms with van der Waals surface area (Å²) in [5.74, 6) is 1.06. The van der Waals surface area contributed by atoms with Crippen LogP contribution in [0.25, 0.3) is 0 Å². The Morgan fingerprint density at radius 3 is 2.52 bits per heavy atom. The minimum atomic E-state index is 0.322. The second kappa shape index (κ2) is 4.62. The van der Waals surface area contributed by atoms with Gasteiger partial charge in [0.25, 0.3) is 0 Å². The Balaban J connectivity index is 1.94. The van der Waals surface area contributed by atoms with E-state index in [2.05, 4.69) is 72.4 Å². The van der Waals surface area contributed by atoms with Gasteiger partial charge in [-0.3, -0.25) is 4.99 Å². The Morgan fingerprint density at radius 2 is 1.71 bits per heavy atom. The van der Waals surface area contributed by atoms with Crippen molar-refractivity contribution >= 4 is 11.6 Å². The van der Waals surface area contributed by atoms with Gasteiger partial charge in [0, 0.05) is 19.8 Å². The van der Waals surface area contributed by atoms with E-state index in [1.807, 2.05) is 0 Å². The number of aliphatic imine (C=N–C) groups is 1. The maximum Gasteiger partial charge on any atom is 0.201 e. The molecule has 106 valence electrons. The molecule has 0 amide bonds. The molecule has 0 saturated carbocycles. The topological polar surface area (TPSA) is 18.8 Å². The monoisotopic (exact) mass is 277 g/mol. The summed E-state index contributed by atoms with van der Waals surface area (Å²) in [6, 6.07) is 17.8. The van der Waals surface area contributed by atoms with Crippen molar-refractivity contribution in [3.8, 4) is 0 Å². The molecular formula is C18H19N3. The molecule has 21 heavy (non-hydrogen) atoms. The summed E-state index contributed by atoms with van der Waals surface area (Å²) in [6.07, 6.45) is 1.00. The largest absolute Gasteiger partial charge is 0.349 e. The van der Waals surface area contributed by atoms with E-state index in [1.165, 1.54) is 22.4 Å². The zero-order valence-corrected chi connectivity index (χ0v) is 12.5. The van der Waals surface area contributed by atoms with Crippen molar-refractivity contribution in [3.63, 3.8) is 0 Å². The SMILES string of the molecule is CN(C)C1=NCC2c3ccccc3Cc3ccccc3N12. The number of hydrogen-bond acceptors (Lipinski definition) is 3. The van der Waals surface area contributed by atoms with Crippen LogP contribution in [0.3, 0.4) is 0 Å². The highest BCUT2D eigenvalue weighted by Gasteiger charge is 2.35. The number of fused-ring (bicyclic) bond motifs is 5. The molecule has 0 aromatic heterocycles. The van der Waals surface area contributed by atoms with Crippen LogP contribution < -0.4 is 4.90 Å². The van der Waals surface area contributed by atoms with Crippen LogP contribution in [0.1, 0.15) is 22.7 Å². The van der Waals surface area contributed by atoms with Crippen LogP contribution in [0.2, 0.25) is 0 Å². The highest BCUT2D eigenvalue weighted by Crippen LogP contribution is 2.40. The molecule has 2 aromatic carbocycles. The molecule has 1 unspecified atom stereocenters. The van der Waals surface area contributed by atoms with Gasteiger partial charge < -0.3 is 9.80 Å².